The number of likely N-dealkylation sites (tertiary alicyclic amines) is 1. The molecular weight excluding hydrogens is 252 g/mol. The van der Waals surface area contributed by atoms with Crippen molar-refractivity contribution in [3.63, 3.8) is 0 Å². The van der Waals surface area contributed by atoms with Gasteiger partial charge in [0.05, 0.1) is 6.54 Å². The van der Waals surface area contributed by atoms with E-state index in [1.807, 2.05) is 6.07 Å². The highest BCUT2D eigenvalue weighted by Gasteiger charge is 2.25. The summed E-state index contributed by atoms with van der Waals surface area (Å²) in [7, 11) is 0. The number of aliphatic imine (C=N–C) groups is 1. The second kappa shape index (κ2) is 7.31. The third kappa shape index (κ3) is 4.25. The lowest BCUT2D eigenvalue weighted by Gasteiger charge is -2.22. The smallest absolute Gasteiger partial charge is 0.194 e. The van der Waals surface area contributed by atoms with Crippen molar-refractivity contribution < 1.29 is 4.52 Å². The lowest BCUT2D eigenvalue weighted by molar-refractivity contribution is 0.402. The van der Waals surface area contributed by atoms with Gasteiger partial charge in [0.2, 0.25) is 0 Å². The number of hydrogen-bond donors (Lipinski definition) is 1. The second-order valence-corrected chi connectivity index (χ2v) is 5.89. The third-order valence-electron chi connectivity index (χ3n) is 3.61. The Morgan fingerprint density at radius 2 is 2.45 bits per heavy atom. The van der Waals surface area contributed by atoms with Crippen molar-refractivity contribution in [2.75, 3.05) is 19.6 Å². The third-order valence-corrected chi connectivity index (χ3v) is 3.61. The zero-order valence-electron chi connectivity index (χ0n) is 12.8. The molecule has 5 heteroatoms. The van der Waals surface area contributed by atoms with Crippen LogP contribution in [0.5, 0.6) is 0 Å². The van der Waals surface area contributed by atoms with Crippen LogP contribution in [0, 0.1) is 11.8 Å². The first kappa shape index (κ1) is 14.9. The first-order valence-electron chi connectivity index (χ1n) is 7.61. The maximum Gasteiger partial charge on any atom is 0.194 e. The highest BCUT2D eigenvalue weighted by atomic mass is 16.5. The fraction of sp³-hybridized carbons (Fsp3) is 0.733. The minimum absolute atomic E-state index is 0.574. The van der Waals surface area contributed by atoms with E-state index in [1.165, 1.54) is 12.8 Å². The number of hydrogen-bond acceptors (Lipinski definition) is 3. The van der Waals surface area contributed by atoms with Crippen LogP contribution >= 0.6 is 0 Å². The molecule has 1 saturated heterocycles. The average Bonchev–Trinajstić information content (AvgIpc) is 3.05. The van der Waals surface area contributed by atoms with E-state index < -0.39 is 0 Å². The minimum atomic E-state index is 0.574. The zero-order valence-corrected chi connectivity index (χ0v) is 12.8. The molecule has 0 spiro atoms. The van der Waals surface area contributed by atoms with Crippen molar-refractivity contribution in [3.05, 3.63) is 18.0 Å². The van der Waals surface area contributed by atoms with Crippen LogP contribution < -0.4 is 5.32 Å². The second-order valence-electron chi connectivity index (χ2n) is 5.89. The van der Waals surface area contributed by atoms with E-state index in [2.05, 4.69) is 41.1 Å². The quantitative estimate of drug-likeness (QED) is 0.664. The molecule has 1 aliphatic heterocycles. The molecule has 0 saturated carbocycles. The molecule has 1 aliphatic rings. The largest absolute Gasteiger partial charge is 0.364 e. The normalized spacial score (nSPS) is 19.9. The summed E-state index contributed by atoms with van der Waals surface area (Å²) < 4.78 is 4.84. The molecule has 1 atom stereocenters. The number of nitrogens with zero attached hydrogens (tertiary/aromatic N) is 3. The van der Waals surface area contributed by atoms with Gasteiger partial charge in [-0.3, -0.25) is 0 Å². The Morgan fingerprint density at radius 1 is 1.60 bits per heavy atom. The molecule has 1 fully saturated rings. The highest BCUT2D eigenvalue weighted by molar-refractivity contribution is 5.80. The number of aromatic nitrogens is 1. The van der Waals surface area contributed by atoms with Gasteiger partial charge in [-0.1, -0.05) is 19.0 Å². The summed E-state index contributed by atoms with van der Waals surface area (Å²) in [6, 6.07) is 1.86. The van der Waals surface area contributed by atoms with E-state index in [-0.39, 0.29) is 0 Å². The van der Waals surface area contributed by atoms with Gasteiger partial charge in [-0.05, 0) is 31.6 Å². The van der Waals surface area contributed by atoms with Crippen LogP contribution in [0.1, 0.15) is 39.3 Å². The Balaban J connectivity index is 1.93. The van der Waals surface area contributed by atoms with Crippen LogP contribution in [0.3, 0.4) is 0 Å². The molecule has 1 aromatic rings. The highest BCUT2D eigenvalue weighted by Crippen LogP contribution is 2.23. The zero-order chi connectivity index (χ0) is 14.4. The maximum atomic E-state index is 4.84. The molecule has 1 unspecified atom stereocenters. The Bertz CT molecular complexity index is 414. The number of guanidine groups is 1. The van der Waals surface area contributed by atoms with Crippen molar-refractivity contribution in [2.45, 2.75) is 40.2 Å². The summed E-state index contributed by atoms with van der Waals surface area (Å²) in [4.78, 5) is 7.03. The predicted molar refractivity (Wildman–Crippen MR) is 80.5 cm³/mol. The molecule has 1 N–H and O–H groups in total. The summed E-state index contributed by atoms with van der Waals surface area (Å²) in [6.07, 6.45) is 4.16. The molecule has 2 rings (SSSR count). The van der Waals surface area contributed by atoms with E-state index in [9.17, 15) is 0 Å². The average molecular weight is 278 g/mol. The lowest BCUT2D eigenvalue weighted by atomic mass is 9.97. The SMILES string of the molecule is CCNC(=NCc1ccon1)N1CCC(CC(C)C)C1. The molecule has 0 aromatic carbocycles. The molecule has 2 heterocycles. The Hall–Kier alpha value is -1.52. The predicted octanol–water partition coefficient (Wildman–Crippen LogP) is 2.51. The van der Waals surface area contributed by atoms with Crippen molar-refractivity contribution in [3.8, 4) is 0 Å². The van der Waals surface area contributed by atoms with Crippen LogP contribution in [0.15, 0.2) is 21.8 Å². The summed E-state index contributed by atoms with van der Waals surface area (Å²) in [6.45, 7) is 10.4. The summed E-state index contributed by atoms with van der Waals surface area (Å²) in [5.74, 6) is 2.57. The van der Waals surface area contributed by atoms with Crippen LogP contribution in [0.25, 0.3) is 0 Å². The van der Waals surface area contributed by atoms with Gasteiger partial charge in [-0.25, -0.2) is 4.99 Å². The van der Waals surface area contributed by atoms with Gasteiger partial charge >= 0.3 is 0 Å². The molecule has 0 bridgehead atoms. The maximum absolute atomic E-state index is 4.84. The van der Waals surface area contributed by atoms with Crippen molar-refractivity contribution >= 4 is 5.96 Å². The monoisotopic (exact) mass is 278 g/mol. The van der Waals surface area contributed by atoms with Gasteiger partial charge in [0.15, 0.2) is 5.96 Å². The van der Waals surface area contributed by atoms with E-state index in [0.29, 0.717) is 6.54 Å². The van der Waals surface area contributed by atoms with Crippen LogP contribution in [-0.4, -0.2) is 35.7 Å². The molecule has 0 radical (unpaired) electrons. The van der Waals surface area contributed by atoms with E-state index in [1.54, 1.807) is 6.26 Å². The fourth-order valence-electron chi connectivity index (χ4n) is 2.78. The molecule has 112 valence electrons. The van der Waals surface area contributed by atoms with E-state index in [0.717, 1.165) is 43.1 Å². The Kier molecular flexibility index (Phi) is 5.44. The molecule has 1 aromatic heterocycles. The minimum Gasteiger partial charge on any atom is -0.364 e. The molecule has 0 aliphatic carbocycles. The van der Waals surface area contributed by atoms with Gasteiger partial charge < -0.3 is 14.7 Å². The molecular formula is C15H26N4O. The van der Waals surface area contributed by atoms with Gasteiger partial charge in [-0.2, -0.15) is 0 Å². The Labute approximate surface area is 121 Å². The molecule has 0 amide bonds. The van der Waals surface area contributed by atoms with Gasteiger partial charge in [0.1, 0.15) is 12.0 Å². The number of nitrogens with one attached hydrogen (secondary N) is 1. The van der Waals surface area contributed by atoms with Crippen molar-refractivity contribution in [1.29, 1.82) is 0 Å². The van der Waals surface area contributed by atoms with E-state index >= 15 is 0 Å². The van der Waals surface area contributed by atoms with Crippen LogP contribution in [-0.2, 0) is 6.54 Å². The van der Waals surface area contributed by atoms with Gasteiger partial charge in [0.25, 0.3) is 0 Å². The standard InChI is InChI=1S/C15H26N4O/c1-4-16-15(17-10-14-6-8-20-18-14)19-7-5-13(11-19)9-12(2)3/h6,8,12-13H,4-5,7,9-11H2,1-3H3,(H,16,17). The number of rotatable bonds is 5. The first-order valence-corrected chi connectivity index (χ1v) is 7.61. The Morgan fingerprint density at radius 3 is 3.10 bits per heavy atom. The summed E-state index contributed by atoms with van der Waals surface area (Å²) in [5, 5.41) is 7.28. The topological polar surface area (TPSA) is 53.7 Å². The lowest BCUT2D eigenvalue weighted by Crippen LogP contribution is -2.40. The van der Waals surface area contributed by atoms with Crippen molar-refractivity contribution in [1.82, 2.24) is 15.4 Å². The van der Waals surface area contributed by atoms with Gasteiger partial charge in [-0.15, -0.1) is 0 Å². The van der Waals surface area contributed by atoms with Gasteiger partial charge in [0, 0.05) is 25.7 Å². The van der Waals surface area contributed by atoms with E-state index in [4.69, 9.17) is 4.52 Å². The van der Waals surface area contributed by atoms with Crippen LogP contribution in [0.4, 0.5) is 0 Å². The van der Waals surface area contributed by atoms with Crippen LogP contribution in [0.2, 0.25) is 0 Å². The molecule has 5 nitrogen and oxygen atoms in total. The van der Waals surface area contributed by atoms with Crippen molar-refractivity contribution in [2.24, 2.45) is 16.8 Å². The fourth-order valence-corrected chi connectivity index (χ4v) is 2.78. The summed E-state index contributed by atoms with van der Waals surface area (Å²) >= 11 is 0. The first-order chi connectivity index (χ1) is 9.69. The molecule has 20 heavy (non-hydrogen) atoms. The summed E-state index contributed by atoms with van der Waals surface area (Å²) in [5.41, 5.74) is 0.873.